The number of benzene rings is 1. The number of aromatic nitrogens is 2. The molecule has 1 aliphatic heterocycles. The number of imidazole rings is 1. The normalized spacial score (nSPS) is 17.9. The lowest BCUT2D eigenvalue weighted by atomic mass is 9.93. The maximum Gasteiger partial charge on any atom is 0.112 e. The smallest absolute Gasteiger partial charge is 0.112 e. The molecule has 0 aliphatic carbocycles. The third kappa shape index (κ3) is 1.91. The van der Waals surface area contributed by atoms with E-state index < -0.39 is 5.60 Å². The predicted octanol–water partition coefficient (Wildman–Crippen LogP) is 1.32. The molecule has 0 spiro atoms. The van der Waals surface area contributed by atoms with Gasteiger partial charge in [-0.25, -0.2) is 4.98 Å². The third-order valence-corrected chi connectivity index (χ3v) is 3.58. The minimum absolute atomic E-state index is 0.604. The number of hydrogen-bond acceptors (Lipinski definition) is 3. The molecule has 2 N–H and O–H groups in total. The van der Waals surface area contributed by atoms with Gasteiger partial charge in [0, 0.05) is 26.1 Å². The van der Waals surface area contributed by atoms with Gasteiger partial charge in [-0.05, 0) is 18.6 Å². The zero-order valence-electron chi connectivity index (χ0n) is 10.7. The first-order chi connectivity index (χ1) is 8.72. The van der Waals surface area contributed by atoms with E-state index in [-0.39, 0.29) is 0 Å². The van der Waals surface area contributed by atoms with Crippen LogP contribution in [0.1, 0.15) is 19.2 Å². The van der Waals surface area contributed by atoms with Crippen molar-refractivity contribution >= 4 is 11.0 Å². The van der Waals surface area contributed by atoms with Crippen LogP contribution in [-0.4, -0.2) is 33.3 Å². The Labute approximate surface area is 107 Å². The first-order valence-corrected chi connectivity index (χ1v) is 6.59. The lowest BCUT2D eigenvalue weighted by Crippen LogP contribution is -2.60. The molecule has 1 fully saturated rings. The maximum absolute atomic E-state index is 10.3. The number of hydrogen-bond donors (Lipinski definition) is 2. The van der Waals surface area contributed by atoms with E-state index >= 15 is 0 Å². The third-order valence-electron chi connectivity index (χ3n) is 3.58. The molecule has 1 saturated heterocycles. The van der Waals surface area contributed by atoms with Crippen molar-refractivity contribution in [2.24, 2.45) is 0 Å². The fraction of sp³-hybridized carbons (Fsp3) is 0.500. The fourth-order valence-corrected chi connectivity index (χ4v) is 2.57. The summed E-state index contributed by atoms with van der Waals surface area (Å²) in [6, 6.07) is 8.19. The Morgan fingerprint density at radius 3 is 2.83 bits per heavy atom. The molecule has 96 valence electrons. The summed E-state index contributed by atoms with van der Waals surface area (Å²) in [5.74, 6) is 1.00. The molecule has 4 nitrogen and oxygen atoms in total. The lowest BCUT2D eigenvalue weighted by Gasteiger charge is -2.37. The van der Waals surface area contributed by atoms with E-state index in [9.17, 15) is 5.11 Å². The number of rotatable bonds is 4. The van der Waals surface area contributed by atoms with Crippen LogP contribution in [-0.2, 0) is 13.0 Å². The first kappa shape index (κ1) is 11.7. The average Bonchev–Trinajstić information content (AvgIpc) is 2.66. The monoisotopic (exact) mass is 245 g/mol. The predicted molar refractivity (Wildman–Crippen MR) is 71.5 cm³/mol. The van der Waals surface area contributed by atoms with Gasteiger partial charge in [-0.15, -0.1) is 0 Å². The molecule has 3 rings (SSSR count). The van der Waals surface area contributed by atoms with Gasteiger partial charge in [-0.1, -0.05) is 19.1 Å². The van der Waals surface area contributed by atoms with Crippen LogP contribution in [0.4, 0.5) is 0 Å². The molecule has 18 heavy (non-hydrogen) atoms. The lowest BCUT2D eigenvalue weighted by molar-refractivity contribution is -0.0112. The van der Waals surface area contributed by atoms with E-state index in [1.165, 1.54) is 5.52 Å². The van der Waals surface area contributed by atoms with Crippen LogP contribution >= 0.6 is 0 Å². The number of aliphatic hydroxyl groups is 1. The molecule has 2 heterocycles. The Kier molecular flexibility index (Phi) is 2.84. The highest BCUT2D eigenvalue weighted by Crippen LogP contribution is 2.22. The standard InChI is InChI=1S/C14H19N3O/c1-2-7-17-12-6-4-3-5-11(12)16-13(17)8-14(18)9-15-10-14/h3-6,15,18H,2,7-10H2,1H3. The van der Waals surface area contributed by atoms with Crippen LogP contribution in [0.25, 0.3) is 11.0 Å². The highest BCUT2D eigenvalue weighted by atomic mass is 16.3. The van der Waals surface area contributed by atoms with Gasteiger partial charge in [0.1, 0.15) is 5.82 Å². The number of nitrogens with one attached hydrogen (secondary N) is 1. The molecule has 0 saturated carbocycles. The second kappa shape index (κ2) is 4.37. The summed E-state index contributed by atoms with van der Waals surface area (Å²) in [6.07, 6.45) is 1.71. The van der Waals surface area contributed by atoms with Crippen molar-refractivity contribution in [1.29, 1.82) is 0 Å². The van der Waals surface area contributed by atoms with Crippen molar-refractivity contribution in [2.45, 2.75) is 31.9 Å². The first-order valence-electron chi connectivity index (χ1n) is 6.59. The Hall–Kier alpha value is -1.39. The summed E-state index contributed by atoms with van der Waals surface area (Å²) in [5, 5.41) is 13.4. The zero-order chi connectivity index (χ0) is 12.6. The molecule has 1 aromatic carbocycles. The summed E-state index contributed by atoms with van der Waals surface area (Å²) in [4.78, 5) is 4.67. The Bertz CT molecular complexity index is 557. The fourth-order valence-electron chi connectivity index (χ4n) is 2.57. The van der Waals surface area contributed by atoms with Gasteiger partial charge < -0.3 is 15.0 Å². The van der Waals surface area contributed by atoms with Crippen molar-refractivity contribution in [1.82, 2.24) is 14.9 Å². The summed E-state index contributed by atoms with van der Waals surface area (Å²) < 4.78 is 2.24. The molecule has 0 bridgehead atoms. The van der Waals surface area contributed by atoms with Crippen LogP contribution in [0.5, 0.6) is 0 Å². The van der Waals surface area contributed by atoms with Crippen molar-refractivity contribution in [3.8, 4) is 0 Å². The van der Waals surface area contributed by atoms with Crippen molar-refractivity contribution < 1.29 is 5.11 Å². The second-order valence-corrected chi connectivity index (χ2v) is 5.17. The molecular formula is C14H19N3O. The molecule has 4 heteroatoms. The van der Waals surface area contributed by atoms with Gasteiger partial charge in [-0.3, -0.25) is 0 Å². The minimum Gasteiger partial charge on any atom is -0.387 e. The van der Waals surface area contributed by atoms with Crippen LogP contribution < -0.4 is 5.32 Å². The van der Waals surface area contributed by atoms with E-state index in [1.54, 1.807) is 0 Å². The molecule has 2 aromatic rings. The second-order valence-electron chi connectivity index (χ2n) is 5.17. The summed E-state index contributed by atoms with van der Waals surface area (Å²) in [6.45, 7) is 4.46. The maximum atomic E-state index is 10.3. The Balaban J connectivity index is 2.01. The number of nitrogens with zero attached hydrogens (tertiary/aromatic N) is 2. The van der Waals surface area contributed by atoms with Crippen LogP contribution in [0.3, 0.4) is 0 Å². The van der Waals surface area contributed by atoms with E-state index in [1.807, 2.05) is 18.2 Å². The zero-order valence-corrected chi connectivity index (χ0v) is 10.7. The van der Waals surface area contributed by atoms with Gasteiger partial charge in [0.2, 0.25) is 0 Å². The van der Waals surface area contributed by atoms with Crippen molar-refractivity contribution in [3.05, 3.63) is 30.1 Å². The van der Waals surface area contributed by atoms with Crippen LogP contribution in [0.15, 0.2) is 24.3 Å². The van der Waals surface area contributed by atoms with E-state index in [0.717, 1.165) is 24.3 Å². The average molecular weight is 245 g/mol. The van der Waals surface area contributed by atoms with Crippen LogP contribution in [0.2, 0.25) is 0 Å². The van der Waals surface area contributed by atoms with Crippen LogP contribution in [0, 0.1) is 0 Å². The number of aryl methyl sites for hydroxylation is 1. The molecule has 0 amide bonds. The van der Waals surface area contributed by atoms with Gasteiger partial charge in [0.05, 0.1) is 16.6 Å². The number of fused-ring (bicyclic) bond motifs is 1. The Morgan fingerprint density at radius 2 is 2.17 bits per heavy atom. The van der Waals surface area contributed by atoms with Gasteiger partial charge in [-0.2, -0.15) is 0 Å². The van der Waals surface area contributed by atoms with Crippen molar-refractivity contribution in [3.63, 3.8) is 0 Å². The largest absolute Gasteiger partial charge is 0.387 e. The SMILES string of the molecule is CCCn1c(CC2(O)CNC2)nc2ccccc21. The minimum atomic E-state index is -0.604. The Morgan fingerprint density at radius 1 is 1.39 bits per heavy atom. The molecule has 0 radical (unpaired) electrons. The highest BCUT2D eigenvalue weighted by Gasteiger charge is 2.36. The quantitative estimate of drug-likeness (QED) is 0.854. The van der Waals surface area contributed by atoms with Gasteiger partial charge in [0.15, 0.2) is 0 Å². The summed E-state index contributed by atoms with van der Waals surface area (Å²) in [7, 11) is 0. The van der Waals surface area contributed by atoms with Gasteiger partial charge in [0.25, 0.3) is 0 Å². The molecule has 0 atom stereocenters. The van der Waals surface area contributed by atoms with E-state index in [2.05, 4.69) is 27.9 Å². The van der Waals surface area contributed by atoms with E-state index in [0.29, 0.717) is 19.5 Å². The number of para-hydroxylation sites is 2. The molecule has 1 aromatic heterocycles. The van der Waals surface area contributed by atoms with Gasteiger partial charge >= 0.3 is 0 Å². The summed E-state index contributed by atoms with van der Waals surface area (Å²) >= 11 is 0. The molecule has 0 unspecified atom stereocenters. The molecular weight excluding hydrogens is 226 g/mol. The molecule has 1 aliphatic rings. The highest BCUT2D eigenvalue weighted by molar-refractivity contribution is 5.75. The topological polar surface area (TPSA) is 50.1 Å². The number of β-amino-alcohol motifs (C(OH)–C–C–N with tert-alkyl or cyclic N) is 1. The van der Waals surface area contributed by atoms with E-state index in [4.69, 9.17) is 0 Å². The summed E-state index contributed by atoms with van der Waals surface area (Å²) in [5.41, 5.74) is 1.59. The van der Waals surface area contributed by atoms with Crippen molar-refractivity contribution in [2.75, 3.05) is 13.1 Å².